The number of rotatable bonds is 0. The minimum absolute atomic E-state index is 1.07. The Balaban J connectivity index is 2.07. The summed E-state index contributed by atoms with van der Waals surface area (Å²) >= 11 is 0. The molecule has 9 heavy (non-hydrogen) atoms. The first-order chi connectivity index (χ1) is 4.38. The van der Waals surface area contributed by atoms with Gasteiger partial charge in [-0.15, -0.1) is 0 Å². The third-order valence-electron chi connectivity index (χ3n) is 3.44. The van der Waals surface area contributed by atoms with Crippen molar-refractivity contribution in [3.8, 4) is 0 Å². The highest BCUT2D eigenvalue weighted by Crippen LogP contribution is 2.46. The smallest absolute Gasteiger partial charge is 0.0360 e. The van der Waals surface area contributed by atoms with Crippen LogP contribution in [0.3, 0.4) is 0 Å². The minimum atomic E-state index is 1.07. The highest BCUT2D eigenvalue weighted by molar-refractivity contribution is 4.86. The van der Waals surface area contributed by atoms with Gasteiger partial charge in [0.1, 0.15) is 0 Å². The van der Waals surface area contributed by atoms with Gasteiger partial charge in [-0.25, -0.2) is 0 Å². The van der Waals surface area contributed by atoms with Crippen molar-refractivity contribution >= 4 is 0 Å². The van der Waals surface area contributed by atoms with Gasteiger partial charge >= 0.3 is 0 Å². The zero-order chi connectivity index (χ0) is 6.27. The standard InChI is InChI=1S/C9H16/c1-7-5-6-8-3-2-4-9(7)8/h7-9H,2-6H2,1H3/t7?,8-,9-/m0/s1. The summed E-state index contributed by atoms with van der Waals surface area (Å²) in [4.78, 5) is 0. The quantitative estimate of drug-likeness (QED) is 0.466. The highest BCUT2D eigenvalue weighted by Gasteiger charge is 2.36. The molecule has 3 atom stereocenters. The van der Waals surface area contributed by atoms with Crippen molar-refractivity contribution in [2.75, 3.05) is 0 Å². The lowest BCUT2D eigenvalue weighted by Gasteiger charge is -2.11. The van der Waals surface area contributed by atoms with Crippen molar-refractivity contribution in [2.24, 2.45) is 17.8 Å². The third-order valence-corrected chi connectivity index (χ3v) is 3.44. The summed E-state index contributed by atoms with van der Waals surface area (Å²) in [6.45, 7) is 2.44. The van der Waals surface area contributed by atoms with Gasteiger partial charge in [0.25, 0.3) is 0 Å². The molecule has 0 heterocycles. The van der Waals surface area contributed by atoms with Crippen LogP contribution in [0.2, 0.25) is 0 Å². The van der Waals surface area contributed by atoms with E-state index in [1.54, 1.807) is 19.3 Å². The van der Waals surface area contributed by atoms with Gasteiger partial charge in [-0.3, -0.25) is 0 Å². The number of hydrogen-bond donors (Lipinski definition) is 0. The summed E-state index contributed by atoms with van der Waals surface area (Å²) in [6, 6.07) is 0. The number of hydrogen-bond acceptors (Lipinski definition) is 0. The van der Waals surface area contributed by atoms with Gasteiger partial charge in [0.05, 0.1) is 0 Å². The molecule has 52 valence electrons. The molecule has 0 bridgehead atoms. The SMILES string of the molecule is CC1CC[C@@H]2CCC[C@@H]12. The van der Waals surface area contributed by atoms with Crippen LogP contribution in [-0.2, 0) is 0 Å². The molecule has 2 saturated carbocycles. The summed E-state index contributed by atoms with van der Waals surface area (Å²) in [5, 5.41) is 0. The van der Waals surface area contributed by atoms with Crippen LogP contribution in [0.15, 0.2) is 0 Å². The number of fused-ring (bicyclic) bond motifs is 1. The van der Waals surface area contributed by atoms with E-state index < -0.39 is 0 Å². The Hall–Kier alpha value is 0. The first-order valence-corrected chi connectivity index (χ1v) is 4.38. The van der Waals surface area contributed by atoms with Crippen LogP contribution < -0.4 is 0 Å². The van der Waals surface area contributed by atoms with Gasteiger partial charge in [-0.2, -0.15) is 0 Å². The Bertz CT molecular complexity index is 107. The zero-order valence-electron chi connectivity index (χ0n) is 6.27. The molecular formula is C9H16. The third kappa shape index (κ3) is 0.798. The predicted octanol–water partition coefficient (Wildman–Crippen LogP) is 2.83. The van der Waals surface area contributed by atoms with Crippen molar-refractivity contribution < 1.29 is 0 Å². The van der Waals surface area contributed by atoms with Gasteiger partial charge in [0.2, 0.25) is 0 Å². The molecule has 0 aromatic rings. The van der Waals surface area contributed by atoms with Gasteiger partial charge in [-0.1, -0.05) is 26.2 Å². The van der Waals surface area contributed by atoms with Gasteiger partial charge in [0.15, 0.2) is 0 Å². The van der Waals surface area contributed by atoms with E-state index in [1.807, 2.05) is 0 Å². The molecule has 0 aromatic heterocycles. The van der Waals surface area contributed by atoms with E-state index in [1.165, 1.54) is 12.8 Å². The van der Waals surface area contributed by atoms with E-state index in [0.29, 0.717) is 0 Å². The van der Waals surface area contributed by atoms with E-state index >= 15 is 0 Å². The van der Waals surface area contributed by atoms with E-state index in [9.17, 15) is 0 Å². The molecule has 0 aliphatic heterocycles. The lowest BCUT2D eigenvalue weighted by Crippen LogP contribution is -2.04. The average Bonchev–Trinajstić information content (AvgIpc) is 2.35. The normalized spacial score (nSPS) is 49.7. The molecule has 2 rings (SSSR count). The molecule has 0 amide bonds. The Morgan fingerprint density at radius 1 is 1.00 bits per heavy atom. The Morgan fingerprint density at radius 3 is 2.67 bits per heavy atom. The zero-order valence-corrected chi connectivity index (χ0v) is 6.27. The monoisotopic (exact) mass is 124 g/mol. The van der Waals surface area contributed by atoms with Crippen molar-refractivity contribution in [3.63, 3.8) is 0 Å². The predicted molar refractivity (Wildman–Crippen MR) is 39.2 cm³/mol. The van der Waals surface area contributed by atoms with Crippen molar-refractivity contribution in [2.45, 2.75) is 39.0 Å². The van der Waals surface area contributed by atoms with Crippen LogP contribution in [0.1, 0.15) is 39.0 Å². The van der Waals surface area contributed by atoms with E-state index in [2.05, 4.69) is 6.92 Å². The molecule has 0 N–H and O–H groups in total. The maximum Gasteiger partial charge on any atom is -0.0360 e. The largest absolute Gasteiger partial charge is 0.0622 e. The second kappa shape index (κ2) is 2.00. The average molecular weight is 124 g/mol. The van der Waals surface area contributed by atoms with Crippen LogP contribution in [0, 0.1) is 17.8 Å². The molecule has 0 heteroatoms. The Kier molecular flexibility index (Phi) is 1.28. The molecular weight excluding hydrogens is 108 g/mol. The summed E-state index contributed by atoms with van der Waals surface area (Å²) in [5.41, 5.74) is 0. The fourth-order valence-corrected chi connectivity index (χ4v) is 2.86. The topological polar surface area (TPSA) is 0 Å². The molecule has 0 spiro atoms. The van der Waals surface area contributed by atoms with Crippen LogP contribution in [0.25, 0.3) is 0 Å². The second-order valence-electron chi connectivity index (χ2n) is 3.91. The van der Waals surface area contributed by atoms with Crippen LogP contribution in [0.4, 0.5) is 0 Å². The van der Waals surface area contributed by atoms with E-state index in [-0.39, 0.29) is 0 Å². The van der Waals surface area contributed by atoms with E-state index in [0.717, 1.165) is 17.8 Å². The highest BCUT2D eigenvalue weighted by atomic mass is 14.4. The Labute approximate surface area is 57.6 Å². The van der Waals surface area contributed by atoms with Gasteiger partial charge in [-0.05, 0) is 30.6 Å². The molecule has 1 unspecified atom stereocenters. The van der Waals surface area contributed by atoms with Crippen molar-refractivity contribution in [1.82, 2.24) is 0 Å². The molecule has 0 aromatic carbocycles. The lowest BCUT2D eigenvalue weighted by atomic mass is 9.94. The first kappa shape index (κ1) is 5.76. The van der Waals surface area contributed by atoms with Crippen LogP contribution in [0.5, 0.6) is 0 Å². The molecule has 2 aliphatic rings. The maximum absolute atomic E-state index is 2.44. The van der Waals surface area contributed by atoms with E-state index in [4.69, 9.17) is 0 Å². The van der Waals surface area contributed by atoms with Gasteiger partial charge in [0, 0.05) is 0 Å². The maximum atomic E-state index is 2.44. The summed E-state index contributed by atoms with van der Waals surface area (Å²) in [6.07, 6.45) is 7.70. The van der Waals surface area contributed by atoms with Gasteiger partial charge < -0.3 is 0 Å². The van der Waals surface area contributed by atoms with Crippen LogP contribution >= 0.6 is 0 Å². The molecule has 2 fully saturated rings. The first-order valence-electron chi connectivity index (χ1n) is 4.38. The summed E-state index contributed by atoms with van der Waals surface area (Å²) in [5.74, 6) is 3.36. The Morgan fingerprint density at radius 2 is 1.89 bits per heavy atom. The van der Waals surface area contributed by atoms with Crippen LogP contribution in [-0.4, -0.2) is 0 Å². The minimum Gasteiger partial charge on any atom is -0.0622 e. The molecule has 0 nitrogen and oxygen atoms in total. The fraction of sp³-hybridized carbons (Fsp3) is 1.00. The van der Waals surface area contributed by atoms with Crippen molar-refractivity contribution in [3.05, 3.63) is 0 Å². The summed E-state index contributed by atoms with van der Waals surface area (Å²) in [7, 11) is 0. The van der Waals surface area contributed by atoms with Crippen molar-refractivity contribution in [1.29, 1.82) is 0 Å². The molecule has 0 radical (unpaired) electrons. The molecule has 2 aliphatic carbocycles. The molecule has 0 saturated heterocycles. The second-order valence-corrected chi connectivity index (χ2v) is 3.91. The fourth-order valence-electron chi connectivity index (χ4n) is 2.86. The lowest BCUT2D eigenvalue weighted by molar-refractivity contribution is 0.376. The summed E-state index contributed by atoms with van der Waals surface area (Å²) < 4.78 is 0.